The molecule has 7 nitrogen and oxygen atoms in total. The Labute approximate surface area is 160 Å². The maximum absolute atomic E-state index is 12.9. The zero-order chi connectivity index (χ0) is 20.0. The second-order valence-electron chi connectivity index (χ2n) is 6.94. The number of anilines is 2. The number of benzene rings is 1. The number of ether oxygens (including phenoxy) is 1. The number of nitrogens with zero attached hydrogens (tertiary/aromatic N) is 1. The smallest absolute Gasteiger partial charge is 0.341 e. The molecule has 3 atom stereocenters. The molecule has 1 aliphatic heterocycles. The van der Waals surface area contributed by atoms with Gasteiger partial charge >= 0.3 is 12.0 Å². The van der Waals surface area contributed by atoms with Gasteiger partial charge in [-0.3, -0.25) is 4.79 Å². The van der Waals surface area contributed by atoms with Crippen LogP contribution in [0.15, 0.2) is 23.2 Å². The number of hydrogen-bond donors (Lipinski definition) is 3. The highest BCUT2D eigenvalue weighted by Crippen LogP contribution is 2.31. The lowest BCUT2D eigenvalue weighted by Crippen LogP contribution is -2.45. The molecular formula is C20H30N4O3. The number of carbonyl (C=O) groups is 2. The number of amides is 2. The number of esters is 1. The van der Waals surface area contributed by atoms with Crippen LogP contribution in [0.2, 0.25) is 0 Å². The van der Waals surface area contributed by atoms with Gasteiger partial charge in [0.15, 0.2) is 0 Å². The fraction of sp³-hybridized carbons (Fsp3) is 0.550. The lowest BCUT2D eigenvalue weighted by molar-refractivity contribution is -0.148. The number of aliphatic imine (C=N–C) groups is 1. The van der Waals surface area contributed by atoms with E-state index in [1.165, 1.54) is 0 Å². The normalized spacial score (nSPS) is 20.6. The van der Waals surface area contributed by atoms with E-state index >= 15 is 0 Å². The van der Waals surface area contributed by atoms with Crippen LogP contribution in [-0.2, 0) is 9.53 Å². The van der Waals surface area contributed by atoms with E-state index in [0.717, 1.165) is 19.3 Å². The van der Waals surface area contributed by atoms with Gasteiger partial charge in [0.05, 0.1) is 24.0 Å². The van der Waals surface area contributed by atoms with Crippen molar-refractivity contribution in [3.8, 4) is 0 Å². The molecular weight excluding hydrogens is 344 g/mol. The third-order valence-corrected chi connectivity index (χ3v) is 5.04. The van der Waals surface area contributed by atoms with Gasteiger partial charge in [-0.25, -0.2) is 9.79 Å². The first kappa shape index (κ1) is 20.7. The van der Waals surface area contributed by atoms with E-state index in [4.69, 9.17) is 16.2 Å². The summed E-state index contributed by atoms with van der Waals surface area (Å²) >= 11 is 0. The van der Waals surface area contributed by atoms with E-state index in [1.54, 1.807) is 18.2 Å². The molecule has 0 saturated heterocycles. The molecule has 2 rings (SSSR count). The largest absolute Gasteiger partial charge is 0.465 e. The number of carbonyl (C=O) groups excluding carboxylic acids is 2. The average Bonchev–Trinajstić information content (AvgIpc) is 2.66. The minimum Gasteiger partial charge on any atom is -0.465 e. The number of nitrogens with one attached hydrogen (secondary N) is 1. The maximum Gasteiger partial charge on any atom is 0.341 e. The van der Waals surface area contributed by atoms with Crippen LogP contribution in [-0.4, -0.2) is 24.3 Å². The van der Waals surface area contributed by atoms with Crippen LogP contribution < -0.4 is 16.8 Å². The van der Waals surface area contributed by atoms with Gasteiger partial charge in [0, 0.05) is 5.71 Å². The van der Waals surface area contributed by atoms with Crippen LogP contribution >= 0.6 is 0 Å². The van der Waals surface area contributed by atoms with Crippen LogP contribution in [0, 0.1) is 11.8 Å². The van der Waals surface area contributed by atoms with Crippen LogP contribution in [0.4, 0.5) is 16.2 Å². The number of urea groups is 1. The van der Waals surface area contributed by atoms with E-state index in [-0.39, 0.29) is 5.97 Å². The molecule has 148 valence electrons. The topological polar surface area (TPSA) is 120 Å². The second kappa shape index (κ2) is 9.39. The van der Waals surface area contributed by atoms with Crippen molar-refractivity contribution in [1.82, 2.24) is 5.32 Å². The molecule has 0 fully saturated rings. The Balaban J connectivity index is 2.28. The first-order valence-corrected chi connectivity index (χ1v) is 9.60. The standard InChI is InChI=1S/C20H30N4O3/c1-4-7-12(5-2)11-27-19(25)17-16(6-3)23-20(26)24-18(17)13-8-9-14(21)15(22)10-13/h8-10,12,17-18H,4-7,11,21-22H2,1-3H3,(H,24,26). The first-order chi connectivity index (χ1) is 12.9. The third kappa shape index (κ3) is 4.99. The highest BCUT2D eigenvalue weighted by Gasteiger charge is 2.39. The molecule has 7 heteroatoms. The van der Waals surface area contributed by atoms with Crippen molar-refractivity contribution >= 4 is 29.1 Å². The third-order valence-electron chi connectivity index (χ3n) is 5.04. The van der Waals surface area contributed by atoms with Crippen molar-refractivity contribution in [2.24, 2.45) is 16.8 Å². The van der Waals surface area contributed by atoms with Crippen molar-refractivity contribution in [3.05, 3.63) is 23.8 Å². The monoisotopic (exact) mass is 374 g/mol. The lowest BCUT2D eigenvalue weighted by Gasteiger charge is -2.31. The van der Waals surface area contributed by atoms with Gasteiger partial charge in [0.2, 0.25) is 0 Å². The molecule has 1 aromatic rings. The molecule has 1 aliphatic rings. The number of nitrogens with two attached hydrogens (primary N) is 2. The molecule has 0 aromatic heterocycles. The van der Waals surface area contributed by atoms with Crippen LogP contribution in [0.3, 0.4) is 0 Å². The molecule has 3 unspecified atom stereocenters. The highest BCUT2D eigenvalue weighted by molar-refractivity contribution is 6.09. The summed E-state index contributed by atoms with van der Waals surface area (Å²) in [6.07, 6.45) is 3.50. The molecule has 27 heavy (non-hydrogen) atoms. The molecule has 5 N–H and O–H groups in total. The van der Waals surface area contributed by atoms with Gasteiger partial charge < -0.3 is 21.5 Å². The maximum atomic E-state index is 12.9. The van der Waals surface area contributed by atoms with Gasteiger partial charge in [0.25, 0.3) is 0 Å². The second-order valence-corrected chi connectivity index (χ2v) is 6.94. The Morgan fingerprint density at radius 3 is 2.59 bits per heavy atom. The molecule has 1 aromatic carbocycles. The fourth-order valence-electron chi connectivity index (χ4n) is 3.38. The van der Waals surface area contributed by atoms with Gasteiger partial charge in [0.1, 0.15) is 5.92 Å². The molecule has 0 saturated carbocycles. The quantitative estimate of drug-likeness (QED) is 0.475. The van der Waals surface area contributed by atoms with Gasteiger partial charge in [-0.1, -0.05) is 39.7 Å². The summed E-state index contributed by atoms with van der Waals surface area (Å²) in [5.74, 6) is -0.704. The SMILES string of the molecule is CCCC(CC)COC(=O)C1C(CC)=NC(=O)NC1c1ccc(N)c(N)c1. The summed E-state index contributed by atoms with van der Waals surface area (Å²) in [6.45, 7) is 6.46. The van der Waals surface area contributed by atoms with Crippen molar-refractivity contribution < 1.29 is 14.3 Å². The Kier molecular flexibility index (Phi) is 7.21. The Bertz CT molecular complexity index is 717. The first-order valence-electron chi connectivity index (χ1n) is 9.60. The Hall–Kier alpha value is -2.57. The van der Waals surface area contributed by atoms with Gasteiger partial charge in [-0.05, 0) is 36.5 Å². The molecule has 2 amide bonds. The highest BCUT2D eigenvalue weighted by atomic mass is 16.5. The van der Waals surface area contributed by atoms with E-state index in [1.807, 2.05) is 6.92 Å². The zero-order valence-corrected chi connectivity index (χ0v) is 16.3. The van der Waals surface area contributed by atoms with Crippen molar-refractivity contribution in [2.75, 3.05) is 18.1 Å². The summed E-state index contributed by atoms with van der Waals surface area (Å²) in [5, 5.41) is 2.78. The summed E-state index contributed by atoms with van der Waals surface area (Å²) in [4.78, 5) is 29.0. The molecule has 0 aliphatic carbocycles. The number of hydrogen-bond acceptors (Lipinski definition) is 5. The minimum absolute atomic E-state index is 0.338. The molecule has 0 radical (unpaired) electrons. The Morgan fingerprint density at radius 2 is 2.00 bits per heavy atom. The van der Waals surface area contributed by atoms with E-state index in [9.17, 15) is 9.59 Å². The van der Waals surface area contributed by atoms with E-state index in [2.05, 4.69) is 24.2 Å². The van der Waals surface area contributed by atoms with E-state index < -0.39 is 18.0 Å². The van der Waals surface area contributed by atoms with E-state index in [0.29, 0.717) is 41.6 Å². The van der Waals surface area contributed by atoms with Crippen molar-refractivity contribution in [2.45, 2.75) is 52.5 Å². The number of nitrogen functional groups attached to an aromatic ring is 2. The van der Waals surface area contributed by atoms with Crippen LogP contribution in [0.1, 0.15) is 58.1 Å². The van der Waals surface area contributed by atoms with Gasteiger partial charge in [-0.2, -0.15) is 0 Å². The fourth-order valence-corrected chi connectivity index (χ4v) is 3.38. The summed E-state index contributed by atoms with van der Waals surface area (Å²) in [5.41, 5.74) is 13.8. The van der Waals surface area contributed by atoms with Crippen molar-refractivity contribution in [1.29, 1.82) is 0 Å². The van der Waals surface area contributed by atoms with Crippen LogP contribution in [0.25, 0.3) is 0 Å². The average molecular weight is 374 g/mol. The zero-order valence-electron chi connectivity index (χ0n) is 16.3. The molecule has 0 bridgehead atoms. The van der Waals surface area contributed by atoms with Gasteiger partial charge in [-0.15, -0.1) is 0 Å². The Morgan fingerprint density at radius 1 is 1.26 bits per heavy atom. The molecule has 0 spiro atoms. The lowest BCUT2D eigenvalue weighted by atomic mass is 9.86. The summed E-state index contributed by atoms with van der Waals surface area (Å²) in [7, 11) is 0. The minimum atomic E-state index is -0.671. The van der Waals surface area contributed by atoms with Crippen LogP contribution in [0.5, 0.6) is 0 Å². The summed E-state index contributed by atoms with van der Waals surface area (Å²) in [6, 6.07) is 4.08. The van der Waals surface area contributed by atoms with Crippen molar-refractivity contribution in [3.63, 3.8) is 0 Å². The predicted octanol–water partition coefficient (Wildman–Crippen LogP) is 3.45. The molecule has 1 heterocycles. The predicted molar refractivity (Wildman–Crippen MR) is 107 cm³/mol. The number of rotatable bonds is 8. The summed E-state index contributed by atoms with van der Waals surface area (Å²) < 4.78 is 5.63.